The molecule has 5 nitrogen and oxygen atoms in total. The second-order valence-electron chi connectivity index (χ2n) is 6.63. The monoisotopic (exact) mass is 297 g/mol. The van der Waals surface area contributed by atoms with Crippen LogP contribution in [0.3, 0.4) is 0 Å². The van der Waals surface area contributed by atoms with Crippen LogP contribution in [0.15, 0.2) is 4.99 Å². The fourth-order valence-electron chi connectivity index (χ4n) is 3.18. The van der Waals surface area contributed by atoms with E-state index in [1.54, 1.807) is 0 Å². The van der Waals surface area contributed by atoms with Gasteiger partial charge >= 0.3 is 0 Å². The van der Waals surface area contributed by atoms with Crippen molar-refractivity contribution in [3.05, 3.63) is 0 Å². The van der Waals surface area contributed by atoms with E-state index >= 15 is 0 Å². The molecule has 1 aliphatic heterocycles. The van der Waals surface area contributed by atoms with Gasteiger partial charge in [0.25, 0.3) is 0 Å². The molecule has 0 radical (unpaired) electrons. The third-order valence-electron chi connectivity index (χ3n) is 4.74. The Morgan fingerprint density at radius 2 is 2.14 bits per heavy atom. The molecule has 0 bridgehead atoms. The summed E-state index contributed by atoms with van der Waals surface area (Å²) in [5, 5.41) is 16.9. The Kier molecular flexibility index (Phi) is 6.30. The van der Waals surface area contributed by atoms with E-state index in [0.717, 1.165) is 57.8 Å². The molecule has 0 aromatic rings. The minimum Gasteiger partial charge on any atom is -0.392 e. The van der Waals surface area contributed by atoms with Gasteiger partial charge in [0.2, 0.25) is 0 Å². The van der Waals surface area contributed by atoms with Crippen LogP contribution in [0.4, 0.5) is 0 Å². The summed E-state index contributed by atoms with van der Waals surface area (Å²) in [7, 11) is 0. The third-order valence-corrected chi connectivity index (χ3v) is 4.74. The molecule has 0 aromatic heterocycles. The number of guanidine groups is 1. The Labute approximate surface area is 128 Å². The van der Waals surface area contributed by atoms with Crippen molar-refractivity contribution in [1.82, 2.24) is 10.6 Å². The lowest BCUT2D eigenvalue weighted by Gasteiger charge is -2.37. The molecule has 2 rings (SSSR count). The average molecular weight is 297 g/mol. The lowest BCUT2D eigenvalue weighted by molar-refractivity contribution is 0.00715. The summed E-state index contributed by atoms with van der Waals surface area (Å²) in [5.74, 6) is 0.840. The first-order valence-corrected chi connectivity index (χ1v) is 8.46. The Balaban J connectivity index is 1.86. The van der Waals surface area contributed by atoms with Gasteiger partial charge in [0.1, 0.15) is 0 Å². The molecule has 3 unspecified atom stereocenters. The largest absolute Gasteiger partial charge is 0.392 e. The Morgan fingerprint density at radius 1 is 1.29 bits per heavy atom. The van der Waals surface area contributed by atoms with E-state index in [2.05, 4.69) is 24.5 Å². The normalized spacial score (nSPS) is 34.0. The van der Waals surface area contributed by atoms with Crippen LogP contribution in [0, 0.1) is 5.41 Å². The maximum atomic E-state index is 10.2. The van der Waals surface area contributed by atoms with E-state index in [1.807, 2.05) is 0 Å². The van der Waals surface area contributed by atoms with Crippen molar-refractivity contribution in [1.29, 1.82) is 0 Å². The number of nitrogens with one attached hydrogen (secondary N) is 2. The van der Waals surface area contributed by atoms with Crippen LogP contribution >= 0.6 is 0 Å². The summed E-state index contributed by atoms with van der Waals surface area (Å²) >= 11 is 0. The van der Waals surface area contributed by atoms with Gasteiger partial charge in [-0.2, -0.15) is 0 Å². The van der Waals surface area contributed by atoms with Crippen LogP contribution < -0.4 is 10.6 Å². The fourth-order valence-corrected chi connectivity index (χ4v) is 3.18. The minimum atomic E-state index is -0.226. The minimum absolute atomic E-state index is 0.0789. The standard InChI is InChI=1S/C16H31N3O2/c1-3-17-15(18-11-13-7-6-10-21-13)19-12-16(2)9-5-4-8-14(16)20/h13-14,20H,3-12H2,1-2H3,(H2,17,18,19). The number of aliphatic imine (C=N–C) groups is 1. The molecule has 2 fully saturated rings. The second kappa shape index (κ2) is 7.99. The molecule has 0 aromatic carbocycles. The highest BCUT2D eigenvalue weighted by Crippen LogP contribution is 2.36. The van der Waals surface area contributed by atoms with Gasteiger partial charge in [0.05, 0.1) is 18.8 Å². The lowest BCUT2D eigenvalue weighted by Crippen LogP contribution is -2.43. The first kappa shape index (κ1) is 16.6. The molecule has 3 N–H and O–H groups in total. The fraction of sp³-hybridized carbons (Fsp3) is 0.938. The van der Waals surface area contributed by atoms with E-state index in [-0.39, 0.29) is 11.5 Å². The smallest absolute Gasteiger partial charge is 0.191 e. The summed E-state index contributed by atoms with van der Waals surface area (Å²) in [6, 6.07) is 0. The quantitative estimate of drug-likeness (QED) is 0.533. The van der Waals surface area contributed by atoms with E-state index in [9.17, 15) is 5.11 Å². The summed E-state index contributed by atoms with van der Waals surface area (Å²) < 4.78 is 5.63. The zero-order valence-electron chi connectivity index (χ0n) is 13.5. The zero-order valence-corrected chi connectivity index (χ0v) is 13.5. The van der Waals surface area contributed by atoms with Crippen LogP contribution in [-0.2, 0) is 4.74 Å². The van der Waals surface area contributed by atoms with Gasteiger partial charge in [-0.15, -0.1) is 0 Å². The summed E-state index contributed by atoms with van der Waals surface area (Å²) in [4.78, 5) is 4.70. The molecule has 5 heteroatoms. The number of rotatable bonds is 5. The van der Waals surface area contributed by atoms with Crippen molar-refractivity contribution in [3.63, 3.8) is 0 Å². The van der Waals surface area contributed by atoms with Crippen molar-refractivity contribution in [2.45, 2.75) is 64.6 Å². The average Bonchev–Trinajstić information content (AvgIpc) is 2.99. The molecule has 0 spiro atoms. The van der Waals surface area contributed by atoms with Crippen molar-refractivity contribution in [2.75, 3.05) is 26.2 Å². The topological polar surface area (TPSA) is 65.9 Å². The lowest BCUT2D eigenvalue weighted by atomic mass is 9.73. The van der Waals surface area contributed by atoms with Crippen molar-refractivity contribution >= 4 is 5.96 Å². The van der Waals surface area contributed by atoms with Crippen LogP contribution in [-0.4, -0.2) is 49.5 Å². The molecule has 1 saturated carbocycles. The molecule has 1 saturated heterocycles. The second-order valence-corrected chi connectivity index (χ2v) is 6.63. The van der Waals surface area contributed by atoms with Gasteiger partial charge < -0.3 is 20.5 Å². The number of ether oxygens (including phenoxy) is 1. The van der Waals surface area contributed by atoms with Crippen molar-refractivity contribution < 1.29 is 9.84 Å². The van der Waals surface area contributed by atoms with Crippen LogP contribution in [0.25, 0.3) is 0 Å². The van der Waals surface area contributed by atoms with Gasteiger partial charge in [0, 0.05) is 25.1 Å². The van der Waals surface area contributed by atoms with Gasteiger partial charge in [0.15, 0.2) is 5.96 Å². The van der Waals surface area contributed by atoms with E-state index in [0.29, 0.717) is 12.6 Å². The van der Waals surface area contributed by atoms with Gasteiger partial charge in [-0.25, -0.2) is 0 Å². The molecule has 21 heavy (non-hydrogen) atoms. The Hall–Kier alpha value is -0.810. The molecule has 1 aliphatic carbocycles. The maximum Gasteiger partial charge on any atom is 0.191 e. The zero-order chi connectivity index (χ0) is 15.1. The maximum absolute atomic E-state index is 10.2. The van der Waals surface area contributed by atoms with E-state index in [1.165, 1.54) is 6.42 Å². The molecule has 2 aliphatic rings. The summed E-state index contributed by atoms with van der Waals surface area (Å²) in [6.45, 7) is 7.44. The van der Waals surface area contributed by atoms with Crippen LogP contribution in [0.2, 0.25) is 0 Å². The molecular formula is C16H31N3O2. The van der Waals surface area contributed by atoms with Gasteiger partial charge in [-0.3, -0.25) is 4.99 Å². The van der Waals surface area contributed by atoms with E-state index < -0.39 is 0 Å². The number of hydrogen-bond donors (Lipinski definition) is 3. The summed E-state index contributed by atoms with van der Waals surface area (Å²) in [6.07, 6.45) is 6.67. The van der Waals surface area contributed by atoms with Crippen molar-refractivity contribution in [3.8, 4) is 0 Å². The molecule has 3 atom stereocenters. The summed E-state index contributed by atoms with van der Waals surface area (Å²) in [5.41, 5.74) is -0.0789. The predicted molar refractivity (Wildman–Crippen MR) is 85.5 cm³/mol. The molecule has 122 valence electrons. The number of aliphatic hydroxyl groups excluding tert-OH is 1. The number of nitrogens with zero attached hydrogens (tertiary/aromatic N) is 1. The SMILES string of the molecule is CCNC(=NCC1(C)CCCCC1O)NCC1CCCO1. The molecule has 0 amide bonds. The highest BCUT2D eigenvalue weighted by molar-refractivity contribution is 5.79. The molecular weight excluding hydrogens is 266 g/mol. The van der Waals surface area contributed by atoms with Gasteiger partial charge in [-0.05, 0) is 32.6 Å². The van der Waals surface area contributed by atoms with Crippen molar-refractivity contribution in [2.24, 2.45) is 10.4 Å². The van der Waals surface area contributed by atoms with Crippen LogP contribution in [0.1, 0.15) is 52.4 Å². The van der Waals surface area contributed by atoms with Crippen LogP contribution in [0.5, 0.6) is 0 Å². The number of aliphatic hydroxyl groups is 1. The third kappa shape index (κ3) is 4.85. The first-order chi connectivity index (χ1) is 10.1. The predicted octanol–water partition coefficient (Wildman–Crippen LogP) is 1.66. The Morgan fingerprint density at radius 3 is 2.81 bits per heavy atom. The van der Waals surface area contributed by atoms with E-state index in [4.69, 9.17) is 9.73 Å². The Bertz CT molecular complexity index is 342. The first-order valence-electron chi connectivity index (χ1n) is 8.46. The highest BCUT2D eigenvalue weighted by Gasteiger charge is 2.35. The number of hydrogen-bond acceptors (Lipinski definition) is 3. The van der Waals surface area contributed by atoms with Gasteiger partial charge in [-0.1, -0.05) is 19.8 Å². The molecule has 1 heterocycles. The highest BCUT2D eigenvalue weighted by atomic mass is 16.5.